The Balaban J connectivity index is 2.35. The number of aromatic nitrogens is 3. The van der Waals surface area contributed by atoms with Gasteiger partial charge in [0.2, 0.25) is 17.7 Å². The highest BCUT2D eigenvalue weighted by Gasteiger charge is 2.12. The molecule has 2 rings (SSSR count). The predicted molar refractivity (Wildman–Crippen MR) is 67.5 cm³/mol. The number of anilines is 3. The van der Waals surface area contributed by atoms with Gasteiger partial charge in [-0.05, 0) is 12.1 Å². The predicted octanol–water partition coefficient (Wildman–Crippen LogP) is 0.904. The third-order valence-electron chi connectivity index (χ3n) is 2.20. The molecule has 0 aliphatic rings. The summed E-state index contributed by atoms with van der Waals surface area (Å²) in [7, 11) is 1.52. The number of rotatable bonds is 4. The normalized spacial score (nSPS) is 9.95. The van der Waals surface area contributed by atoms with Gasteiger partial charge in [-0.15, -0.1) is 0 Å². The van der Waals surface area contributed by atoms with Gasteiger partial charge in [-0.3, -0.25) is 0 Å². The minimum Gasteiger partial charge on any atom is -0.495 e. The largest absolute Gasteiger partial charge is 0.495 e. The van der Waals surface area contributed by atoms with Crippen molar-refractivity contribution in [3.8, 4) is 5.75 Å². The highest BCUT2D eigenvalue weighted by molar-refractivity contribution is 5.83. The fourth-order valence-electron chi connectivity index (χ4n) is 1.41. The summed E-state index contributed by atoms with van der Waals surface area (Å²) >= 11 is 0. The van der Waals surface area contributed by atoms with Crippen LogP contribution in [0.3, 0.4) is 0 Å². The van der Waals surface area contributed by atoms with Gasteiger partial charge < -0.3 is 20.9 Å². The van der Waals surface area contributed by atoms with Crippen LogP contribution in [-0.2, 0) is 0 Å². The molecule has 1 aromatic heterocycles. The Morgan fingerprint density at radius 2 is 2.05 bits per heavy atom. The molecule has 0 amide bonds. The fourth-order valence-corrected chi connectivity index (χ4v) is 1.41. The number of nitrogens with two attached hydrogens (primary N) is 1. The number of benzene rings is 1. The van der Waals surface area contributed by atoms with Crippen molar-refractivity contribution in [3.05, 3.63) is 30.1 Å². The van der Waals surface area contributed by atoms with Gasteiger partial charge in [-0.2, -0.15) is 15.0 Å². The number of carboxylic acids is 1. The van der Waals surface area contributed by atoms with Crippen LogP contribution in [0.2, 0.25) is 0 Å². The molecule has 0 saturated carbocycles. The monoisotopic (exact) mass is 261 g/mol. The smallest absolute Gasteiger partial charge is 0.374 e. The van der Waals surface area contributed by atoms with E-state index in [1.807, 2.05) is 0 Å². The molecule has 0 atom stereocenters. The van der Waals surface area contributed by atoms with Crippen molar-refractivity contribution >= 4 is 23.6 Å². The van der Waals surface area contributed by atoms with E-state index in [0.29, 0.717) is 11.4 Å². The topological polar surface area (TPSA) is 123 Å². The minimum atomic E-state index is -1.28. The van der Waals surface area contributed by atoms with Crippen LogP contribution in [0.5, 0.6) is 5.75 Å². The van der Waals surface area contributed by atoms with E-state index in [1.165, 1.54) is 7.11 Å². The second kappa shape index (κ2) is 5.17. The standard InChI is InChI=1S/C11H11N5O3/c1-19-7-5-3-2-4-6(7)13-11-15-8(9(17)18)14-10(12)16-11/h2-5H,1H3,(H,17,18)(H3,12,13,14,15,16). The Kier molecular flexibility index (Phi) is 3.42. The molecule has 1 aromatic carbocycles. The molecule has 0 radical (unpaired) electrons. The lowest BCUT2D eigenvalue weighted by molar-refractivity contribution is 0.0683. The van der Waals surface area contributed by atoms with Gasteiger partial charge in [-0.25, -0.2) is 4.79 Å². The number of nitrogens with zero attached hydrogens (tertiary/aromatic N) is 3. The van der Waals surface area contributed by atoms with Crippen molar-refractivity contribution in [3.63, 3.8) is 0 Å². The van der Waals surface area contributed by atoms with Crippen molar-refractivity contribution in [1.82, 2.24) is 15.0 Å². The Labute approximate surface area is 108 Å². The summed E-state index contributed by atoms with van der Waals surface area (Å²) in [5.41, 5.74) is 6.01. The number of ether oxygens (including phenoxy) is 1. The lowest BCUT2D eigenvalue weighted by Gasteiger charge is -2.09. The van der Waals surface area contributed by atoms with E-state index in [9.17, 15) is 4.79 Å². The number of hydrogen-bond donors (Lipinski definition) is 3. The first kappa shape index (κ1) is 12.6. The van der Waals surface area contributed by atoms with Crippen LogP contribution in [0.4, 0.5) is 17.6 Å². The molecule has 2 aromatic rings. The molecule has 0 unspecified atom stereocenters. The minimum absolute atomic E-state index is 0.0365. The van der Waals surface area contributed by atoms with Gasteiger partial charge in [0.1, 0.15) is 5.75 Å². The number of para-hydroxylation sites is 2. The summed E-state index contributed by atoms with van der Waals surface area (Å²) in [6, 6.07) is 7.06. The number of aromatic carboxylic acids is 1. The van der Waals surface area contributed by atoms with Crippen molar-refractivity contribution in [2.75, 3.05) is 18.2 Å². The summed E-state index contributed by atoms with van der Waals surface area (Å²) in [6.45, 7) is 0. The number of nitrogen functional groups attached to an aromatic ring is 1. The van der Waals surface area contributed by atoms with Crippen LogP contribution in [0.15, 0.2) is 24.3 Å². The van der Waals surface area contributed by atoms with Gasteiger partial charge in [0.15, 0.2) is 0 Å². The van der Waals surface area contributed by atoms with E-state index in [1.54, 1.807) is 24.3 Å². The molecule has 0 spiro atoms. The molecular weight excluding hydrogens is 250 g/mol. The second-order valence-corrected chi connectivity index (χ2v) is 3.47. The summed E-state index contributed by atoms with van der Waals surface area (Å²) in [4.78, 5) is 21.9. The number of hydrogen-bond acceptors (Lipinski definition) is 7. The average Bonchev–Trinajstić information content (AvgIpc) is 2.38. The maximum absolute atomic E-state index is 10.8. The SMILES string of the molecule is COc1ccccc1Nc1nc(N)nc(C(=O)O)n1. The van der Waals surface area contributed by atoms with Gasteiger partial charge in [0.25, 0.3) is 0 Å². The zero-order valence-electron chi connectivity index (χ0n) is 9.99. The summed E-state index contributed by atoms with van der Waals surface area (Å²) < 4.78 is 5.14. The second-order valence-electron chi connectivity index (χ2n) is 3.47. The average molecular weight is 261 g/mol. The zero-order chi connectivity index (χ0) is 13.8. The fraction of sp³-hybridized carbons (Fsp3) is 0.0909. The van der Waals surface area contributed by atoms with Crippen LogP contribution < -0.4 is 15.8 Å². The van der Waals surface area contributed by atoms with Crippen LogP contribution in [-0.4, -0.2) is 33.1 Å². The molecule has 19 heavy (non-hydrogen) atoms. The van der Waals surface area contributed by atoms with E-state index in [2.05, 4.69) is 20.3 Å². The van der Waals surface area contributed by atoms with E-state index in [4.69, 9.17) is 15.6 Å². The van der Waals surface area contributed by atoms with Crippen molar-refractivity contribution in [2.24, 2.45) is 0 Å². The van der Waals surface area contributed by atoms with Gasteiger partial charge in [0, 0.05) is 0 Å². The molecule has 8 nitrogen and oxygen atoms in total. The molecule has 4 N–H and O–H groups in total. The third kappa shape index (κ3) is 2.86. The number of methoxy groups -OCH3 is 1. The molecule has 0 aliphatic carbocycles. The molecule has 0 fully saturated rings. The number of carboxylic acid groups (broad SMARTS) is 1. The first-order valence-corrected chi connectivity index (χ1v) is 5.25. The Morgan fingerprint density at radius 3 is 2.74 bits per heavy atom. The maximum atomic E-state index is 10.8. The van der Waals surface area contributed by atoms with E-state index >= 15 is 0 Å². The van der Waals surface area contributed by atoms with Crippen LogP contribution >= 0.6 is 0 Å². The summed E-state index contributed by atoms with van der Waals surface area (Å²) in [5, 5.41) is 11.7. The van der Waals surface area contributed by atoms with Crippen LogP contribution in [0.25, 0.3) is 0 Å². The van der Waals surface area contributed by atoms with E-state index < -0.39 is 11.8 Å². The Hall–Kier alpha value is -2.90. The molecular formula is C11H11N5O3. The molecule has 0 bridgehead atoms. The van der Waals surface area contributed by atoms with Gasteiger partial charge in [0.05, 0.1) is 12.8 Å². The van der Waals surface area contributed by atoms with Crippen molar-refractivity contribution in [2.45, 2.75) is 0 Å². The first-order chi connectivity index (χ1) is 9.10. The first-order valence-electron chi connectivity index (χ1n) is 5.25. The zero-order valence-corrected chi connectivity index (χ0v) is 9.99. The summed E-state index contributed by atoms with van der Waals surface area (Å²) in [6.07, 6.45) is 0. The Morgan fingerprint density at radius 1 is 1.32 bits per heavy atom. The van der Waals surface area contributed by atoms with Crippen LogP contribution in [0.1, 0.15) is 10.6 Å². The quantitative estimate of drug-likeness (QED) is 0.741. The Bertz CT molecular complexity index is 617. The lowest BCUT2D eigenvalue weighted by Crippen LogP contribution is -2.11. The maximum Gasteiger partial charge on any atom is 0.374 e. The van der Waals surface area contributed by atoms with E-state index in [0.717, 1.165) is 0 Å². The highest BCUT2D eigenvalue weighted by atomic mass is 16.5. The van der Waals surface area contributed by atoms with Crippen molar-refractivity contribution in [1.29, 1.82) is 0 Å². The molecule has 0 saturated heterocycles. The highest BCUT2D eigenvalue weighted by Crippen LogP contribution is 2.25. The van der Waals surface area contributed by atoms with Gasteiger partial charge >= 0.3 is 5.97 Å². The molecule has 98 valence electrons. The van der Waals surface area contributed by atoms with E-state index in [-0.39, 0.29) is 11.9 Å². The summed E-state index contributed by atoms with van der Waals surface area (Å²) in [5.74, 6) is -1.28. The molecule has 1 heterocycles. The third-order valence-corrected chi connectivity index (χ3v) is 2.20. The molecule has 0 aliphatic heterocycles. The van der Waals surface area contributed by atoms with Crippen LogP contribution in [0, 0.1) is 0 Å². The number of nitrogens with one attached hydrogen (secondary N) is 1. The molecule has 8 heteroatoms. The van der Waals surface area contributed by atoms with Gasteiger partial charge in [-0.1, -0.05) is 12.1 Å². The van der Waals surface area contributed by atoms with Crippen molar-refractivity contribution < 1.29 is 14.6 Å². The lowest BCUT2D eigenvalue weighted by atomic mass is 10.3. The number of carbonyl (C=O) groups is 1.